The zero-order valence-electron chi connectivity index (χ0n) is 14.2. The van der Waals surface area contributed by atoms with E-state index in [0.29, 0.717) is 0 Å². The van der Waals surface area contributed by atoms with E-state index in [1.54, 1.807) is 10.8 Å². The minimum Gasteiger partial charge on any atom is -0.493 e. The van der Waals surface area contributed by atoms with Gasteiger partial charge < -0.3 is 10.1 Å². The number of rotatable bonds is 4. The molecule has 0 atom stereocenters. The van der Waals surface area contributed by atoms with Crippen molar-refractivity contribution < 1.29 is 9.53 Å². The summed E-state index contributed by atoms with van der Waals surface area (Å²) in [5.41, 5.74) is 4.70. The van der Waals surface area contributed by atoms with Crippen molar-refractivity contribution in [3.05, 3.63) is 65.5 Å². The van der Waals surface area contributed by atoms with E-state index in [1.165, 1.54) is 18.0 Å². The molecule has 1 aromatic heterocycles. The molecule has 7 heteroatoms. The molecule has 1 aliphatic heterocycles. The Morgan fingerprint density at radius 2 is 2.19 bits per heavy atom. The van der Waals surface area contributed by atoms with Crippen molar-refractivity contribution in [2.75, 3.05) is 11.9 Å². The molecule has 1 N–H and O–H groups in total. The smallest absolute Gasteiger partial charge is 0.248 e. The largest absolute Gasteiger partial charge is 0.493 e. The van der Waals surface area contributed by atoms with Gasteiger partial charge in [-0.2, -0.15) is 0 Å². The van der Waals surface area contributed by atoms with Crippen molar-refractivity contribution in [2.24, 2.45) is 0 Å². The van der Waals surface area contributed by atoms with Crippen LogP contribution in [0.3, 0.4) is 0 Å². The summed E-state index contributed by atoms with van der Waals surface area (Å²) in [6.45, 7) is 2.66. The Morgan fingerprint density at radius 3 is 3.00 bits per heavy atom. The maximum atomic E-state index is 12.2. The third-order valence-electron chi connectivity index (χ3n) is 4.20. The van der Waals surface area contributed by atoms with Gasteiger partial charge in [-0.1, -0.05) is 6.07 Å². The van der Waals surface area contributed by atoms with Gasteiger partial charge in [-0.25, -0.2) is 4.68 Å². The molecule has 0 saturated carbocycles. The molecule has 1 aliphatic rings. The summed E-state index contributed by atoms with van der Waals surface area (Å²) in [6, 6.07) is 11.5. The lowest BCUT2D eigenvalue weighted by Crippen LogP contribution is -2.08. The molecule has 2 heterocycles. The number of ether oxygens (including phenoxy) is 1. The number of amides is 1. The van der Waals surface area contributed by atoms with E-state index < -0.39 is 0 Å². The lowest BCUT2D eigenvalue weighted by Gasteiger charge is -2.08. The summed E-state index contributed by atoms with van der Waals surface area (Å²) < 4.78 is 7.07. The molecule has 0 radical (unpaired) electrons. The van der Waals surface area contributed by atoms with Crippen LogP contribution in [0, 0.1) is 6.92 Å². The highest BCUT2D eigenvalue weighted by Crippen LogP contribution is 2.26. The highest BCUT2D eigenvalue weighted by molar-refractivity contribution is 6.02. The predicted molar refractivity (Wildman–Crippen MR) is 97.2 cm³/mol. The van der Waals surface area contributed by atoms with Crippen molar-refractivity contribution in [1.29, 1.82) is 0 Å². The van der Waals surface area contributed by atoms with Crippen LogP contribution in [0.15, 0.2) is 48.8 Å². The molecule has 0 bridgehead atoms. The maximum absolute atomic E-state index is 12.2. The Morgan fingerprint density at radius 1 is 1.27 bits per heavy atom. The third-order valence-corrected chi connectivity index (χ3v) is 4.20. The van der Waals surface area contributed by atoms with Gasteiger partial charge in [0.1, 0.15) is 12.1 Å². The van der Waals surface area contributed by atoms with Crippen molar-refractivity contribution in [2.45, 2.75) is 13.3 Å². The second-order valence-electron chi connectivity index (χ2n) is 6.04. The summed E-state index contributed by atoms with van der Waals surface area (Å²) in [6.07, 6.45) is 5.78. The number of hydrogen-bond acceptors (Lipinski definition) is 5. The van der Waals surface area contributed by atoms with Crippen molar-refractivity contribution in [3.63, 3.8) is 0 Å². The molecule has 0 spiro atoms. The van der Waals surface area contributed by atoms with Gasteiger partial charge in [0.25, 0.3) is 0 Å². The van der Waals surface area contributed by atoms with Gasteiger partial charge in [-0.05, 0) is 70.4 Å². The fourth-order valence-electron chi connectivity index (χ4n) is 2.93. The topological polar surface area (TPSA) is 81.9 Å². The van der Waals surface area contributed by atoms with Crippen LogP contribution in [-0.2, 0) is 11.2 Å². The van der Waals surface area contributed by atoms with Crippen LogP contribution < -0.4 is 10.1 Å². The second-order valence-corrected chi connectivity index (χ2v) is 6.04. The molecule has 0 fully saturated rings. The standard InChI is InChI=1S/C19H17N5O2/c1-13-10-16(4-5-17(13)24-12-20-22-23-24)21-19(25)7-3-14-2-6-18-15(11-14)8-9-26-18/h2-7,10-12H,8-9H2,1H3,(H,21,25)/b7-3+. The van der Waals surface area contributed by atoms with Gasteiger partial charge >= 0.3 is 0 Å². The van der Waals surface area contributed by atoms with Gasteiger partial charge in [0.15, 0.2) is 0 Å². The van der Waals surface area contributed by atoms with Gasteiger partial charge in [-0.15, -0.1) is 5.10 Å². The number of nitrogens with one attached hydrogen (secondary N) is 1. The van der Waals surface area contributed by atoms with Gasteiger partial charge in [0.2, 0.25) is 5.91 Å². The molecular weight excluding hydrogens is 330 g/mol. The Bertz CT molecular complexity index is 980. The Labute approximate surface area is 150 Å². The van der Waals surface area contributed by atoms with E-state index in [4.69, 9.17) is 4.74 Å². The van der Waals surface area contributed by atoms with E-state index in [1.807, 2.05) is 37.3 Å². The Hall–Kier alpha value is -3.48. The number of aromatic nitrogens is 4. The Balaban J connectivity index is 1.44. The summed E-state index contributed by atoms with van der Waals surface area (Å²) in [4.78, 5) is 12.2. The highest BCUT2D eigenvalue weighted by Gasteiger charge is 2.11. The molecule has 0 unspecified atom stereocenters. The number of anilines is 1. The van der Waals surface area contributed by atoms with Crippen LogP contribution in [0.1, 0.15) is 16.7 Å². The molecule has 7 nitrogen and oxygen atoms in total. The van der Waals surface area contributed by atoms with Gasteiger partial charge in [0, 0.05) is 18.2 Å². The van der Waals surface area contributed by atoms with Gasteiger partial charge in [0.05, 0.1) is 12.3 Å². The van der Waals surface area contributed by atoms with Crippen LogP contribution in [-0.4, -0.2) is 32.7 Å². The monoisotopic (exact) mass is 347 g/mol. The van der Waals surface area contributed by atoms with Crippen molar-refractivity contribution in [3.8, 4) is 11.4 Å². The molecule has 1 amide bonds. The normalized spacial score (nSPS) is 12.8. The number of nitrogens with zero attached hydrogens (tertiary/aromatic N) is 4. The van der Waals surface area contributed by atoms with Gasteiger partial charge in [-0.3, -0.25) is 4.79 Å². The SMILES string of the molecule is Cc1cc(NC(=O)/C=C/c2ccc3c(c2)CCO3)ccc1-n1cnnn1. The molecule has 0 saturated heterocycles. The average molecular weight is 347 g/mol. The average Bonchev–Trinajstić information content (AvgIpc) is 3.31. The number of fused-ring (bicyclic) bond motifs is 1. The van der Waals surface area contributed by atoms with E-state index in [9.17, 15) is 4.79 Å². The molecule has 3 aromatic rings. The van der Waals surface area contributed by atoms with Crippen LogP contribution >= 0.6 is 0 Å². The van der Waals surface area contributed by atoms with E-state index in [-0.39, 0.29) is 5.91 Å². The first-order valence-electron chi connectivity index (χ1n) is 8.28. The molecule has 130 valence electrons. The van der Waals surface area contributed by atoms with E-state index in [0.717, 1.165) is 41.3 Å². The summed E-state index contributed by atoms with van der Waals surface area (Å²) in [5.74, 6) is 0.751. The van der Waals surface area contributed by atoms with Crippen LogP contribution in [0.2, 0.25) is 0 Å². The number of carbonyl (C=O) groups is 1. The van der Waals surface area contributed by atoms with Crippen LogP contribution in [0.4, 0.5) is 5.69 Å². The lowest BCUT2D eigenvalue weighted by molar-refractivity contribution is -0.111. The quantitative estimate of drug-likeness (QED) is 0.734. The minimum atomic E-state index is -0.184. The first-order valence-corrected chi connectivity index (χ1v) is 8.28. The summed E-state index contributed by atoms with van der Waals surface area (Å²) in [7, 11) is 0. The van der Waals surface area contributed by atoms with Crippen LogP contribution in [0.25, 0.3) is 11.8 Å². The number of carbonyl (C=O) groups excluding carboxylic acids is 1. The van der Waals surface area contributed by atoms with E-state index >= 15 is 0 Å². The number of hydrogen-bond donors (Lipinski definition) is 1. The zero-order valence-corrected chi connectivity index (χ0v) is 14.2. The molecule has 26 heavy (non-hydrogen) atoms. The third kappa shape index (κ3) is 3.32. The first kappa shape index (κ1) is 16.0. The Kier molecular flexibility index (Phi) is 4.18. The lowest BCUT2D eigenvalue weighted by atomic mass is 10.1. The minimum absolute atomic E-state index is 0.184. The summed E-state index contributed by atoms with van der Waals surface area (Å²) >= 11 is 0. The summed E-state index contributed by atoms with van der Waals surface area (Å²) in [5, 5.41) is 14.0. The second kappa shape index (κ2) is 6.79. The zero-order chi connectivity index (χ0) is 17.9. The predicted octanol–water partition coefficient (Wildman–Crippen LogP) is 2.56. The fraction of sp³-hybridized carbons (Fsp3) is 0.158. The number of benzene rings is 2. The molecular formula is C19H17N5O2. The van der Waals surface area contributed by atoms with Crippen molar-refractivity contribution >= 4 is 17.7 Å². The molecule has 2 aromatic carbocycles. The van der Waals surface area contributed by atoms with Crippen LogP contribution in [0.5, 0.6) is 5.75 Å². The fourth-order valence-corrected chi connectivity index (χ4v) is 2.93. The number of aryl methyl sites for hydroxylation is 1. The maximum Gasteiger partial charge on any atom is 0.248 e. The highest BCUT2D eigenvalue weighted by atomic mass is 16.5. The van der Waals surface area contributed by atoms with E-state index in [2.05, 4.69) is 26.9 Å². The molecule has 4 rings (SSSR count). The van der Waals surface area contributed by atoms with Crippen molar-refractivity contribution in [1.82, 2.24) is 20.2 Å². The number of tetrazole rings is 1. The first-order chi connectivity index (χ1) is 12.7. The molecule has 0 aliphatic carbocycles.